The lowest BCUT2D eigenvalue weighted by molar-refractivity contribution is 0.468. The summed E-state index contributed by atoms with van der Waals surface area (Å²) in [5.41, 5.74) is 1.20. The number of ether oxygens (including phenoxy) is 1. The zero-order valence-electron chi connectivity index (χ0n) is 15.3. The lowest BCUT2D eigenvalue weighted by Crippen LogP contribution is -2.06. The highest BCUT2D eigenvalue weighted by molar-refractivity contribution is 9.11. The fraction of sp³-hybridized carbons (Fsp3) is 0.100. The van der Waals surface area contributed by atoms with Gasteiger partial charge in [-0.05, 0) is 56.0 Å². The summed E-state index contributed by atoms with van der Waals surface area (Å²) in [5, 5.41) is 9.36. The molecule has 0 spiro atoms. The Bertz CT molecular complexity index is 1340. The largest absolute Gasteiger partial charge is 0.438 e. The predicted molar refractivity (Wildman–Crippen MR) is 129 cm³/mol. The van der Waals surface area contributed by atoms with Gasteiger partial charge in [-0.2, -0.15) is 0 Å². The van der Waals surface area contributed by atoms with Gasteiger partial charge in [-0.3, -0.25) is 0 Å². The van der Waals surface area contributed by atoms with Crippen LogP contribution in [0.15, 0.2) is 56.6 Å². The smallest absolute Gasteiger partial charge is 0.232 e. The van der Waals surface area contributed by atoms with E-state index >= 15 is 0 Å². The van der Waals surface area contributed by atoms with Crippen LogP contribution in [0.4, 0.5) is 5.82 Å². The third-order valence-electron chi connectivity index (χ3n) is 4.46. The Labute approximate surface area is 196 Å². The van der Waals surface area contributed by atoms with Crippen LogP contribution in [0, 0.1) is 0 Å². The molecule has 0 saturated heterocycles. The highest BCUT2D eigenvalue weighted by Crippen LogP contribution is 2.36. The molecule has 0 aliphatic heterocycles. The number of benzene rings is 1. The number of halogens is 2. The van der Waals surface area contributed by atoms with Crippen molar-refractivity contribution in [2.24, 2.45) is 0 Å². The van der Waals surface area contributed by atoms with Crippen LogP contribution in [-0.2, 0) is 6.42 Å². The summed E-state index contributed by atoms with van der Waals surface area (Å²) in [6.45, 7) is 0.767. The Morgan fingerprint density at radius 1 is 0.833 bits per heavy atom. The molecule has 5 aromatic rings. The second-order valence-corrected chi connectivity index (χ2v) is 9.78. The molecular formula is C20H13Br2N5OS2. The van der Waals surface area contributed by atoms with E-state index in [-0.39, 0.29) is 0 Å². The van der Waals surface area contributed by atoms with Gasteiger partial charge in [0.15, 0.2) is 0 Å². The molecule has 1 aromatic carbocycles. The lowest BCUT2D eigenvalue weighted by Gasteiger charge is -2.09. The maximum absolute atomic E-state index is 6.00. The van der Waals surface area contributed by atoms with Crippen molar-refractivity contribution in [1.82, 2.24) is 19.9 Å². The van der Waals surface area contributed by atoms with Gasteiger partial charge >= 0.3 is 0 Å². The van der Waals surface area contributed by atoms with Crippen LogP contribution < -0.4 is 10.1 Å². The minimum atomic E-state index is 0.552. The van der Waals surface area contributed by atoms with Crippen LogP contribution >= 0.6 is 54.5 Å². The number of rotatable bonds is 6. The van der Waals surface area contributed by atoms with Crippen molar-refractivity contribution in [1.29, 1.82) is 0 Å². The first-order valence-electron chi connectivity index (χ1n) is 8.95. The van der Waals surface area contributed by atoms with Crippen LogP contribution in [-0.4, -0.2) is 26.5 Å². The number of hydrogen-bond acceptors (Lipinski definition) is 8. The number of nitrogens with one attached hydrogen (secondary N) is 1. The van der Waals surface area contributed by atoms with Gasteiger partial charge in [-0.1, -0.05) is 12.1 Å². The molecule has 0 amide bonds. The van der Waals surface area contributed by atoms with Gasteiger partial charge in [-0.15, -0.1) is 22.7 Å². The van der Waals surface area contributed by atoms with Crippen LogP contribution in [0.25, 0.3) is 20.4 Å². The SMILES string of the molecule is Brc1csc2ncnc(NCCc3ccc(Oc4ncnc5scc(Br)c45)cc3)c12. The fourth-order valence-electron chi connectivity index (χ4n) is 3.03. The second kappa shape index (κ2) is 8.54. The van der Waals surface area contributed by atoms with Gasteiger partial charge in [0.2, 0.25) is 5.88 Å². The molecule has 30 heavy (non-hydrogen) atoms. The zero-order valence-corrected chi connectivity index (χ0v) is 20.1. The number of aromatic nitrogens is 4. The van der Waals surface area contributed by atoms with Crippen LogP contribution in [0.2, 0.25) is 0 Å². The highest BCUT2D eigenvalue weighted by atomic mass is 79.9. The molecule has 0 atom stereocenters. The Morgan fingerprint density at radius 2 is 1.50 bits per heavy atom. The van der Waals surface area contributed by atoms with Gasteiger partial charge in [0.05, 0.1) is 10.8 Å². The molecule has 4 heterocycles. The van der Waals surface area contributed by atoms with E-state index in [4.69, 9.17) is 4.74 Å². The molecule has 0 unspecified atom stereocenters. The highest BCUT2D eigenvalue weighted by Gasteiger charge is 2.12. The topological polar surface area (TPSA) is 72.8 Å². The Balaban J connectivity index is 1.25. The number of hydrogen-bond donors (Lipinski definition) is 1. The van der Waals surface area contributed by atoms with E-state index in [0.29, 0.717) is 5.88 Å². The summed E-state index contributed by atoms with van der Waals surface area (Å²) in [4.78, 5) is 19.1. The minimum Gasteiger partial charge on any atom is -0.438 e. The van der Waals surface area contributed by atoms with Crippen LogP contribution in [0.5, 0.6) is 11.6 Å². The van der Waals surface area contributed by atoms with Crippen molar-refractivity contribution in [3.63, 3.8) is 0 Å². The first kappa shape index (κ1) is 19.8. The van der Waals surface area contributed by atoms with E-state index < -0.39 is 0 Å². The van der Waals surface area contributed by atoms with E-state index in [0.717, 1.165) is 53.9 Å². The first-order chi connectivity index (χ1) is 14.7. The van der Waals surface area contributed by atoms with Crippen molar-refractivity contribution in [3.8, 4) is 11.6 Å². The number of fused-ring (bicyclic) bond motifs is 2. The van der Waals surface area contributed by atoms with E-state index in [9.17, 15) is 0 Å². The van der Waals surface area contributed by atoms with E-state index in [1.165, 1.54) is 11.9 Å². The summed E-state index contributed by atoms with van der Waals surface area (Å²) < 4.78 is 7.96. The molecule has 10 heteroatoms. The predicted octanol–water partition coefficient (Wildman–Crippen LogP) is 6.67. The van der Waals surface area contributed by atoms with Crippen molar-refractivity contribution < 1.29 is 4.74 Å². The Kier molecular flexibility index (Phi) is 5.64. The molecule has 6 nitrogen and oxygen atoms in total. The number of nitrogens with zero attached hydrogens (tertiary/aromatic N) is 4. The van der Waals surface area contributed by atoms with Gasteiger partial charge in [-0.25, -0.2) is 19.9 Å². The first-order valence-corrected chi connectivity index (χ1v) is 12.3. The van der Waals surface area contributed by atoms with Crippen molar-refractivity contribution in [3.05, 3.63) is 62.2 Å². The summed E-state index contributed by atoms with van der Waals surface area (Å²) in [6.07, 6.45) is 3.98. The molecule has 0 aliphatic rings. The van der Waals surface area contributed by atoms with Crippen LogP contribution in [0.3, 0.4) is 0 Å². The van der Waals surface area contributed by atoms with E-state index in [1.807, 2.05) is 22.9 Å². The molecule has 0 aliphatic carbocycles. The van der Waals surface area contributed by atoms with E-state index in [1.54, 1.807) is 29.0 Å². The summed E-state index contributed by atoms with van der Waals surface area (Å²) in [7, 11) is 0. The van der Waals surface area contributed by atoms with Gasteiger partial charge in [0.25, 0.3) is 0 Å². The quantitative estimate of drug-likeness (QED) is 0.249. The fourth-order valence-corrected chi connectivity index (χ4v) is 6.11. The third kappa shape index (κ3) is 3.92. The van der Waals surface area contributed by atoms with Gasteiger partial charge < -0.3 is 10.1 Å². The number of thiophene rings is 2. The van der Waals surface area contributed by atoms with Gasteiger partial charge in [0.1, 0.15) is 33.9 Å². The van der Waals surface area contributed by atoms with Crippen molar-refractivity contribution in [2.45, 2.75) is 6.42 Å². The molecule has 4 aromatic heterocycles. The van der Waals surface area contributed by atoms with Crippen molar-refractivity contribution in [2.75, 3.05) is 11.9 Å². The number of anilines is 1. The maximum atomic E-state index is 6.00. The van der Waals surface area contributed by atoms with Gasteiger partial charge in [0, 0.05) is 26.3 Å². The zero-order chi connectivity index (χ0) is 20.5. The second-order valence-electron chi connectivity index (χ2n) is 6.35. The molecular weight excluding hydrogens is 550 g/mol. The monoisotopic (exact) mass is 561 g/mol. The lowest BCUT2D eigenvalue weighted by atomic mass is 10.1. The van der Waals surface area contributed by atoms with E-state index in [2.05, 4.69) is 69.2 Å². The Hall–Kier alpha value is -2.14. The summed E-state index contributed by atoms with van der Waals surface area (Å²) in [6, 6.07) is 8.05. The molecule has 0 bridgehead atoms. The molecule has 1 N–H and O–H groups in total. The average Bonchev–Trinajstić information content (AvgIpc) is 3.33. The normalized spacial score (nSPS) is 11.3. The Morgan fingerprint density at radius 3 is 2.27 bits per heavy atom. The summed E-state index contributed by atoms with van der Waals surface area (Å²) >= 11 is 10.3. The standard InChI is InChI=1S/C20H13Br2N5OS2/c21-13-7-29-19-15(13)17(24-9-26-19)23-6-5-11-1-3-12(4-2-11)28-18-16-14(22)8-30-20(16)27-10-25-18/h1-4,7-10H,5-6H2,(H,23,24,26). The molecule has 0 fully saturated rings. The van der Waals surface area contributed by atoms with Crippen molar-refractivity contribution >= 4 is 80.8 Å². The maximum Gasteiger partial charge on any atom is 0.232 e. The molecule has 0 saturated carbocycles. The average molecular weight is 563 g/mol. The third-order valence-corrected chi connectivity index (χ3v) is 8.09. The molecule has 0 radical (unpaired) electrons. The van der Waals surface area contributed by atoms with Crippen LogP contribution in [0.1, 0.15) is 5.56 Å². The molecule has 5 rings (SSSR count). The summed E-state index contributed by atoms with van der Waals surface area (Å²) in [5.74, 6) is 2.14. The molecule has 150 valence electrons. The minimum absolute atomic E-state index is 0.552.